The van der Waals surface area contributed by atoms with Crippen LogP contribution in [0.25, 0.3) is 0 Å². The minimum atomic E-state index is -4.56. The Kier molecular flexibility index (Phi) is 8.00. The molecule has 15 heteroatoms. The lowest BCUT2D eigenvalue weighted by Gasteiger charge is -2.42. The van der Waals surface area contributed by atoms with E-state index >= 15 is 0 Å². The first-order valence-electron chi connectivity index (χ1n) is 10.5. The van der Waals surface area contributed by atoms with Crippen LogP contribution in [0.3, 0.4) is 0 Å². The monoisotopic (exact) mass is 551 g/mol. The van der Waals surface area contributed by atoms with Crippen molar-refractivity contribution in [3.63, 3.8) is 0 Å². The van der Waals surface area contributed by atoms with Crippen LogP contribution >= 0.6 is 0 Å². The molecule has 1 fully saturated rings. The van der Waals surface area contributed by atoms with Gasteiger partial charge < -0.3 is 4.74 Å². The van der Waals surface area contributed by atoms with Gasteiger partial charge >= 0.3 is 6.18 Å². The van der Waals surface area contributed by atoms with Crippen molar-refractivity contribution in [1.29, 1.82) is 0 Å². The number of hydroxylamine groups is 1. The fourth-order valence-corrected chi connectivity index (χ4v) is 6.79. The standard InChI is InChI=1S/C21H24F3N3O7S2/c1-14-19(20(28)25-29)27(12-11-26(14)35(2,30)31)36(32,33)17-9-7-16(8-10-17)34-13-15-5-3-4-6-18(15)21(22,23)24/h3-10,14,19,29H,11-13H2,1-2H3,(H,25,28). The van der Waals surface area contributed by atoms with Crippen LogP contribution in [0.2, 0.25) is 0 Å². The van der Waals surface area contributed by atoms with Crippen LogP contribution in [0.4, 0.5) is 13.2 Å². The molecule has 1 amide bonds. The maximum atomic E-state index is 13.3. The van der Waals surface area contributed by atoms with Crippen molar-refractivity contribution in [2.75, 3.05) is 19.3 Å². The number of hydrogen-bond acceptors (Lipinski definition) is 7. The highest BCUT2D eigenvalue weighted by Gasteiger charge is 2.47. The highest BCUT2D eigenvalue weighted by atomic mass is 32.2. The van der Waals surface area contributed by atoms with Gasteiger partial charge in [0.25, 0.3) is 5.91 Å². The van der Waals surface area contributed by atoms with Crippen LogP contribution in [0.15, 0.2) is 53.4 Å². The number of benzene rings is 2. The molecule has 0 spiro atoms. The largest absolute Gasteiger partial charge is 0.489 e. The maximum Gasteiger partial charge on any atom is 0.416 e. The molecule has 3 rings (SSSR count). The Morgan fingerprint density at radius 2 is 1.64 bits per heavy atom. The fourth-order valence-electron chi connectivity index (χ4n) is 4.02. The molecule has 1 saturated heterocycles. The number of rotatable bonds is 7. The molecule has 1 heterocycles. The van der Waals surface area contributed by atoms with E-state index in [1.54, 1.807) is 0 Å². The number of amides is 1. The molecule has 2 unspecified atom stereocenters. The molecular weight excluding hydrogens is 527 g/mol. The molecule has 0 saturated carbocycles. The zero-order valence-corrected chi connectivity index (χ0v) is 20.8. The molecule has 2 atom stereocenters. The molecule has 0 bridgehead atoms. The summed E-state index contributed by atoms with van der Waals surface area (Å²) in [5, 5.41) is 9.13. The first kappa shape index (κ1) is 27.9. The number of sulfonamides is 2. The van der Waals surface area contributed by atoms with E-state index in [9.17, 15) is 34.8 Å². The molecule has 0 aliphatic carbocycles. The van der Waals surface area contributed by atoms with Crippen LogP contribution < -0.4 is 10.2 Å². The SMILES string of the molecule is CC1C(C(=O)NO)N(S(=O)(=O)c2ccc(OCc3ccccc3C(F)(F)F)cc2)CCN1S(C)(=O)=O. The number of halogens is 3. The summed E-state index contributed by atoms with van der Waals surface area (Å²) in [4.78, 5) is 12.1. The van der Waals surface area contributed by atoms with Crippen LogP contribution in [0, 0.1) is 0 Å². The second kappa shape index (κ2) is 10.3. The summed E-state index contributed by atoms with van der Waals surface area (Å²) in [6.07, 6.45) is -3.64. The molecule has 1 aliphatic rings. The summed E-state index contributed by atoms with van der Waals surface area (Å²) < 4.78 is 97.3. The van der Waals surface area contributed by atoms with E-state index < -0.39 is 56.4 Å². The Hall–Kier alpha value is -2.72. The number of alkyl halides is 3. The summed E-state index contributed by atoms with van der Waals surface area (Å²) in [6, 6.07) is 7.03. The molecule has 2 aromatic carbocycles. The number of hydrogen-bond donors (Lipinski definition) is 2. The van der Waals surface area contributed by atoms with Crippen molar-refractivity contribution >= 4 is 26.0 Å². The van der Waals surface area contributed by atoms with Crippen LogP contribution in [0.5, 0.6) is 5.75 Å². The van der Waals surface area contributed by atoms with E-state index in [0.717, 1.165) is 33.1 Å². The van der Waals surface area contributed by atoms with Gasteiger partial charge in [0, 0.05) is 24.7 Å². The molecule has 36 heavy (non-hydrogen) atoms. The number of piperazine rings is 1. The first-order valence-corrected chi connectivity index (χ1v) is 13.8. The van der Waals surface area contributed by atoms with Gasteiger partial charge in [0.1, 0.15) is 18.4 Å². The molecule has 198 valence electrons. The molecule has 10 nitrogen and oxygen atoms in total. The summed E-state index contributed by atoms with van der Waals surface area (Å²) in [7, 11) is -8.11. The van der Waals surface area contributed by atoms with Crippen molar-refractivity contribution < 1.29 is 44.7 Å². The molecular formula is C21H24F3N3O7S2. The van der Waals surface area contributed by atoms with Gasteiger partial charge in [-0.05, 0) is 37.3 Å². The van der Waals surface area contributed by atoms with Crippen molar-refractivity contribution in [3.8, 4) is 5.75 Å². The maximum absolute atomic E-state index is 13.3. The van der Waals surface area contributed by atoms with E-state index in [1.165, 1.54) is 42.7 Å². The van der Waals surface area contributed by atoms with Crippen molar-refractivity contribution in [3.05, 3.63) is 59.7 Å². The normalized spacial score (nSPS) is 20.2. The lowest BCUT2D eigenvalue weighted by Crippen LogP contribution is -2.65. The van der Waals surface area contributed by atoms with E-state index in [0.29, 0.717) is 0 Å². The average Bonchev–Trinajstić information content (AvgIpc) is 2.81. The van der Waals surface area contributed by atoms with Gasteiger partial charge in [0.05, 0.1) is 16.7 Å². The number of ether oxygens (including phenoxy) is 1. The first-order chi connectivity index (χ1) is 16.7. The Bertz CT molecular complexity index is 1320. The van der Waals surface area contributed by atoms with Crippen molar-refractivity contribution in [1.82, 2.24) is 14.1 Å². The topological polar surface area (TPSA) is 133 Å². The van der Waals surface area contributed by atoms with E-state index in [4.69, 9.17) is 9.94 Å². The van der Waals surface area contributed by atoms with Gasteiger partial charge in [-0.2, -0.15) is 21.8 Å². The van der Waals surface area contributed by atoms with Gasteiger partial charge in [0.2, 0.25) is 20.0 Å². The van der Waals surface area contributed by atoms with Gasteiger partial charge in [-0.25, -0.2) is 22.3 Å². The molecule has 2 aromatic rings. The second-order valence-electron chi connectivity index (χ2n) is 8.07. The van der Waals surface area contributed by atoms with Crippen LogP contribution in [-0.4, -0.2) is 68.0 Å². The van der Waals surface area contributed by atoms with Crippen molar-refractivity contribution in [2.24, 2.45) is 0 Å². The Morgan fingerprint density at radius 1 is 1.06 bits per heavy atom. The molecule has 0 aromatic heterocycles. The minimum Gasteiger partial charge on any atom is -0.489 e. The van der Waals surface area contributed by atoms with Gasteiger partial charge in [0.15, 0.2) is 0 Å². The Labute approximate surface area is 206 Å². The Morgan fingerprint density at radius 3 is 2.19 bits per heavy atom. The zero-order chi connectivity index (χ0) is 26.9. The predicted octanol–water partition coefficient (Wildman–Crippen LogP) is 1.81. The second-order valence-corrected chi connectivity index (χ2v) is 11.9. The molecule has 0 radical (unpaired) electrons. The smallest absolute Gasteiger partial charge is 0.416 e. The van der Waals surface area contributed by atoms with Crippen LogP contribution in [-0.2, 0) is 37.6 Å². The van der Waals surface area contributed by atoms with E-state index in [1.807, 2.05) is 0 Å². The van der Waals surface area contributed by atoms with Gasteiger partial charge in [-0.15, -0.1) is 0 Å². The summed E-state index contributed by atoms with van der Waals surface area (Å²) in [5.74, 6) is -1.01. The number of carbonyl (C=O) groups is 1. The third kappa shape index (κ3) is 5.81. The number of carbonyl (C=O) groups excluding carboxylic acids is 1. The third-order valence-electron chi connectivity index (χ3n) is 5.71. The van der Waals surface area contributed by atoms with E-state index in [-0.39, 0.29) is 29.3 Å². The van der Waals surface area contributed by atoms with Gasteiger partial charge in [-0.1, -0.05) is 18.2 Å². The highest BCUT2D eigenvalue weighted by molar-refractivity contribution is 7.89. The average molecular weight is 552 g/mol. The predicted molar refractivity (Wildman–Crippen MR) is 121 cm³/mol. The lowest BCUT2D eigenvalue weighted by atomic mass is 10.1. The zero-order valence-electron chi connectivity index (χ0n) is 19.1. The number of nitrogens with one attached hydrogen (secondary N) is 1. The summed E-state index contributed by atoms with van der Waals surface area (Å²) in [5.41, 5.74) is 0.433. The fraction of sp³-hybridized carbons (Fsp3) is 0.381. The Balaban J connectivity index is 1.83. The molecule has 2 N–H and O–H groups in total. The highest BCUT2D eigenvalue weighted by Crippen LogP contribution is 2.33. The quantitative estimate of drug-likeness (QED) is 0.396. The molecule has 1 aliphatic heterocycles. The third-order valence-corrected chi connectivity index (χ3v) is 8.98. The summed E-state index contributed by atoms with van der Waals surface area (Å²) >= 11 is 0. The summed E-state index contributed by atoms with van der Waals surface area (Å²) in [6.45, 7) is 0.364. The number of nitrogens with zero attached hydrogens (tertiary/aromatic N) is 2. The minimum absolute atomic E-state index is 0.0997. The van der Waals surface area contributed by atoms with Gasteiger partial charge in [-0.3, -0.25) is 10.0 Å². The van der Waals surface area contributed by atoms with E-state index in [2.05, 4.69) is 0 Å². The van der Waals surface area contributed by atoms with Crippen LogP contribution in [0.1, 0.15) is 18.1 Å². The lowest BCUT2D eigenvalue weighted by molar-refractivity contribution is -0.138. The van der Waals surface area contributed by atoms with Crippen molar-refractivity contribution in [2.45, 2.75) is 36.7 Å².